The van der Waals surface area contributed by atoms with Gasteiger partial charge in [0.25, 0.3) is 5.91 Å². The molecule has 0 bridgehead atoms. The zero-order valence-corrected chi connectivity index (χ0v) is 17.7. The number of thiophene rings is 1. The van der Waals surface area contributed by atoms with Crippen LogP contribution in [0.5, 0.6) is 0 Å². The summed E-state index contributed by atoms with van der Waals surface area (Å²) >= 11 is 1.71. The predicted molar refractivity (Wildman–Crippen MR) is 119 cm³/mol. The molecule has 1 aliphatic rings. The van der Waals surface area contributed by atoms with Crippen molar-refractivity contribution in [2.75, 3.05) is 7.05 Å². The van der Waals surface area contributed by atoms with Crippen LogP contribution < -0.4 is 0 Å². The Morgan fingerprint density at radius 2 is 1.97 bits per heavy atom. The van der Waals surface area contributed by atoms with E-state index in [0.717, 1.165) is 29.7 Å². The fourth-order valence-corrected chi connectivity index (χ4v) is 5.31. The van der Waals surface area contributed by atoms with Gasteiger partial charge in [-0.3, -0.25) is 4.79 Å². The summed E-state index contributed by atoms with van der Waals surface area (Å²) in [4.78, 5) is 15.3. The Labute approximate surface area is 179 Å². The predicted octanol–water partition coefficient (Wildman–Crippen LogP) is 4.95. The second-order valence-electron chi connectivity index (χ2n) is 7.88. The first-order valence-electron chi connectivity index (χ1n) is 10.3. The van der Waals surface area contributed by atoms with Gasteiger partial charge in [0.15, 0.2) is 0 Å². The van der Waals surface area contributed by atoms with E-state index in [9.17, 15) is 4.79 Å². The van der Waals surface area contributed by atoms with Crippen LogP contribution in [0.1, 0.15) is 42.5 Å². The van der Waals surface area contributed by atoms with Crippen LogP contribution in [0.2, 0.25) is 0 Å². The molecule has 2 aromatic carbocycles. The van der Waals surface area contributed by atoms with Gasteiger partial charge < -0.3 is 4.90 Å². The van der Waals surface area contributed by atoms with Crippen molar-refractivity contribution in [3.63, 3.8) is 0 Å². The van der Waals surface area contributed by atoms with Crippen LogP contribution in [0.4, 0.5) is 0 Å². The monoisotopic (exact) mass is 417 g/mol. The van der Waals surface area contributed by atoms with Crippen molar-refractivity contribution in [1.29, 1.82) is 0 Å². The first-order chi connectivity index (χ1) is 14.7. The molecule has 0 spiro atoms. The largest absolute Gasteiger partial charge is 0.339 e. The van der Waals surface area contributed by atoms with E-state index in [0.29, 0.717) is 11.6 Å². The normalized spacial score (nSPS) is 14.8. The van der Waals surface area contributed by atoms with Gasteiger partial charge in [-0.1, -0.05) is 37.5 Å². The van der Waals surface area contributed by atoms with Crippen molar-refractivity contribution in [2.45, 2.75) is 38.1 Å². The molecule has 30 heavy (non-hydrogen) atoms. The number of carbonyl (C=O) groups excluding carboxylic acids is 1. The fourth-order valence-electron chi connectivity index (χ4n) is 4.34. The van der Waals surface area contributed by atoms with Gasteiger partial charge >= 0.3 is 0 Å². The van der Waals surface area contributed by atoms with Crippen molar-refractivity contribution in [3.8, 4) is 16.8 Å². The highest BCUT2D eigenvalue weighted by Crippen LogP contribution is 2.35. The average Bonchev–Trinajstić information content (AvgIpc) is 3.49. The number of carbonyl (C=O) groups is 1. The first-order valence-corrected chi connectivity index (χ1v) is 11.2. The van der Waals surface area contributed by atoms with E-state index in [1.165, 1.54) is 29.3 Å². The van der Waals surface area contributed by atoms with Crippen LogP contribution in [0.25, 0.3) is 26.9 Å². The zero-order chi connectivity index (χ0) is 20.5. The number of aromatic nitrogens is 4. The molecule has 1 fully saturated rings. The van der Waals surface area contributed by atoms with Crippen molar-refractivity contribution in [2.24, 2.45) is 0 Å². The highest BCUT2D eigenvalue weighted by molar-refractivity contribution is 7.17. The minimum atomic E-state index is 0.0533. The number of nitrogens with zero attached hydrogens (tertiary/aromatic N) is 5. The molecule has 0 N–H and O–H groups in total. The summed E-state index contributed by atoms with van der Waals surface area (Å²) in [7, 11) is 1.93. The standard InChI is InChI=1S/C23H23N5OS/c1-27(18-7-3-2-4-8-18)23(29)17-11-16(12-19(13-17)28-15-24-25-26-28)21-14-30-22-10-6-5-9-20(21)22/h5-6,9-15,18H,2-4,7-8H2,1H3. The Balaban J connectivity index is 1.59. The number of benzene rings is 2. The minimum Gasteiger partial charge on any atom is -0.339 e. The van der Waals surface area contributed by atoms with E-state index in [1.54, 1.807) is 22.3 Å². The molecular weight excluding hydrogens is 394 g/mol. The summed E-state index contributed by atoms with van der Waals surface area (Å²) in [5.74, 6) is 0.0533. The minimum absolute atomic E-state index is 0.0533. The third kappa shape index (κ3) is 3.50. The molecule has 0 radical (unpaired) electrons. The van der Waals surface area contributed by atoms with Gasteiger partial charge in [0.2, 0.25) is 0 Å². The van der Waals surface area contributed by atoms with E-state index in [2.05, 4.69) is 33.0 Å². The highest BCUT2D eigenvalue weighted by Gasteiger charge is 2.24. The second kappa shape index (κ2) is 7.99. The molecule has 0 aliphatic heterocycles. The maximum atomic E-state index is 13.4. The Hall–Kier alpha value is -3.06. The number of fused-ring (bicyclic) bond motifs is 1. The van der Waals surface area contributed by atoms with Crippen molar-refractivity contribution >= 4 is 27.3 Å². The van der Waals surface area contributed by atoms with Crippen LogP contribution in [0.15, 0.2) is 54.2 Å². The van der Waals surface area contributed by atoms with E-state index < -0.39 is 0 Å². The molecule has 7 heteroatoms. The van der Waals surface area contributed by atoms with Crippen molar-refractivity contribution < 1.29 is 4.79 Å². The summed E-state index contributed by atoms with van der Waals surface area (Å²) in [6.45, 7) is 0. The Morgan fingerprint density at radius 1 is 1.13 bits per heavy atom. The molecule has 5 rings (SSSR count). The highest BCUT2D eigenvalue weighted by atomic mass is 32.1. The van der Waals surface area contributed by atoms with Gasteiger partial charge in [-0.25, -0.2) is 4.68 Å². The third-order valence-corrected chi connectivity index (χ3v) is 6.98. The summed E-state index contributed by atoms with van der Waals surface area (Å²) in [5, 5.41) is 14.9. The van der Waals surface area contributed by atoms with Gasteiger partial charge in [-0.15, -0.1) is 16.4 Å². The average molecular weight is 418 g/mol. The molecule has 0 saturated heterocycles. The van der Waals surface area contributed by atoms with Crippen LogP contribution in [0, 0.1) is 0 Å². The molecule has 6 nitrogen and oxygen atoms in total. The van der Waals surface area contributed by atoms with E-state index in [4.69, 9.17) is 0 Å². The van der Waals surface area contributed by atoms with Gasteiger partial charge in [-0.2, -0.15) is 0 Å². The summed E-state index contributed by atoms with van der Waals surface area (Å²) < 4.78 is 2.84. The van der Waals surface area contributed by atoms with Gasteiger partial charge in [-0.05, 0) is 58.5 Å². The maximum absolute atomic E-state index is 13.4. The summed E-state index contributed by atoms with van der Waals surface area (Å²) in [5.41, 5.74) is 3.58. The quantitative estimate of drug-likeness (QED) is 0.471. The first kappa shape index (κ1) is 18.9. The zero-order valence-electron chi connectivity index (χ0n) is 16.9. The van der Waals surface area contributed by atoms with Crippen LogP contribution in [-0.4, -0.2) is 44.1 Å². The SMILES string of the molecule is CN(C(=O)c1cc(-c2csc3ccccc23)cc(-n2cnnn2)c1)C1CCCCC1. The van der Waals surface area contributed by atoms with Gasteiger partial charge in [0.05, 0.1) is 5.69 Å². The van der Waals surface area contributed by atoms with Crippen LogP contribution in [0.3, 0.4) is 0 Å². The number of amides is 1. The van der Waals surface area contributed by atoms with Crippen LogP contribution >= 0.6 is 11.3 Å². The maximum Gasteiger partial charge on any atom is 0.253 e. The molecule has 152 valence electrons. The van der Waals surface area contributed by atoms with E-state index in [1.807, 2.05) is 42.3 Å². The molecular formula is C23H23N5OS. The van der Waals surface area contributed by atoms with Gasteiger partial charge in [0, 0.05) is 34.3 Å². The lowest BCUT2D eigenvalue weighted by atomic mass is 9.93. The second-order valence-corrected chi connectivity index (χ2v) is 8.79. The molecule has 1 amide bonds. The lowest BCUT2D eigenvalue weighted by molar-refractivity contribution is 0.0696. The molecule has 1 aliphatic carbocycles. The number of rotatable bonds is 4. The lowest BCUT2D eigenvalue weighted by Crippen LogP contribution is -2.38. The molecule has 2 heterocycles. The third-order valence-electron chi connectivity index (χ3n) is 6.01. The molecule has 1 saturated carbocycles. The van der Waals surface area contributed by atoms with E-state index >= 15 is 0 Å². The Morgan fingerprint density at radius 3 is 2.77 bits per heavy atom. The van der Waals surface area contributed by atoms with Gasteiger partial charge in [0.1, 0.15) is 6.33 Å². The topological polar surface area (TPSA) is 63.9 Å². The molecule has 4 aromatic rings. The Bertz CT molecular complexity index is 1180. The lowest BCUT2D eigenvalue weighted by Gasteiger charge is -2.31. The molecule has 0 atom stereocenters. The van der Waals surface area contributed by atoms with Crippen molar-refractivity contribution in [3.05, 3.63) is 59.7 Å². The van der Waals surface area contributed by atoms with Crippen molar-refractivity contribution in [1.82, 2.24) is 25.1 Å². The number of tetrazole rings is 1. The molecule has 2 aromatic heterocycles. The summed E-state index contributed by atoms with van der Waals surface area (Å²) in [6, 6.07) is 14.6. The Kier molecular flexibility index (Phi) is 5.04. The van der Waals surface area contributed by atoms with E-state index in [-0.39, 0.29) is 5.91 Å². The fraction of sp³-hybridized carbons (Fsp3) is 0.304. The number of hydrogen-bond donors (Lipinski definition) is 0. The van der Waals surface area contributed by atoms with Crippen LogP contribution in [-0.2, 0) is 0 Å². The number of hydrogen-bond acceptors (Lipinski definition) is 5. The summed E-state index contributed by atoms with van der Waals surface area (Å²) in [6.07, 6.45) is 7.37. The smallest absolute Gasteiger partial charge is 0.253 e. The molecule has 0 unspecified atom stereocenters.